The predicted molar refractivity (Wildman–Crippen MR) is 103 cm³/mol. The molecule has 0 aromatic heterocycles. The van der Waals surface area contributed by atoms with Crippen LogP contribution in [0.15, 0.2) is 18.2 Å². The number of carbonyl (C=O) groups is 1. The molecule has 0 radical (unpaired) electrons. The lowest BCUT2D eigenvalue weighted by Crippen LogP contribution is -2.43. The summed E-state index contributed by atoms with van der Waals surface area (Å²) in [6.45, 7) is 5.51. The molecule has 0 unspecified atom stereocenters. The van der Waals surface area contributed by atoms with Crippen molar-refractivity contribution in [2.45, 2.75) is 38.6 Å². The number of hydrogen-bond acceptors (Lipinski definition) is 4. The molecular weight excluding hydrogens is 338 g/mol. The molecule has 0 bridgehead atoms. The van der Waals surface area contributed by atoms with Crippen LogP contribution in [-0.4, -0.2) is 44.8 Å². The van der Waals surface area contributed by atoms with Crippen LogP contribution in [0.5, 0.6) is 0 Å². The van der Waals surface area contributed by atoms with Gasteiger partial charge in [0.15, 0.2) is 0 Å². The molecule has 2 N–H and O–H groups in total. The first-order valence-electron chi connectivity index (χ1n) is 9.29. The summed E-state index contributed by atoms with van der Waals surface area (Å²) in [6.07, 6.45) is 4.77. The van der Waals surface area contributed by atoms with Gasteiger partial charge in [0.05, 0.1) is 36.2 Å². The van der Waals surface area contributed by atoms with Crippen LogP contribution in [0.4, 0.5) is 11.4 Å². The maximum atomic E-state index is 12.4. The monoisotopic (exact) mass is 365 g/mol. The average Bonchev–Trinajstić information content (AvgIpc) is 2.63. The molecule has 0 spiro atoms. The lowest BCUT2D eigenvalue weighted by molar-refractivity contribution is -0.120. The molecule has 1 aliphatic heterocycles. The van der Waals surface area contributed by atoms with Gasteiger partial charge < -0.3 is 20.3 Å². The molecule has 2 fully saturated rings. The van der Waals surface area contributed by atoms with Crippen molar-refractivity contribution < 1.29 is 9.53 Å². The standard InChI is InChI=1S/C19H28ClN3O2/c1-14-5-2-3-7-16(14)22-18(24)13-21-17-8-4-6-15(20)19(17)23-9-11-25-12-10-23/h4,6,8,14,16,21H,2-3,5,7,9-13H2,1H3,(H,22,24)/t14-,16+/m1/s1. The van der Waals surface area contributed by atoms with Crippen LogP contribution in [0.3, 0.4) is 0 Å². The minimum absolute atomic E-state index is 0.0478. The van der Waals surface area contributed by atoms with E-state index in [2.05, 4.69) is 22.5 Å². The third kappa shape index (κ3) is 4.79. The van der Waals surface area contributed by atoms with Crippen molar-refractivity contribution in [1.82, 2.24) is 5.32 Å². The Morgan fingerprint density at radius 1 is 1.28 bits per heavy atom. The molecule has 1 saturated heterocycles. The van der Waals surface area contributed by atoms with Crippen LogP contribution < -0.4 is 15.5 Å². The molecule has 6 heteroatoms. The third-order valence-electron chi connectivity index (χ3n) is 5.21. The lowest BCUT2D eigenvalue weighted by Gasteiger charge is -2.32. The fourth-order valence-corrected chi connectivity index (χ4v) is 4.02. The second kappa shape index (κ2) is 8.77. The van der Waals surface area contributed by atoms with Gasteiger partial charge >= 0.3 is 0 Å². The first kappa shape index (κ1) is 18.3. The summed E-state index contributed by atoms with van der Waals surface area (Å²) >= 11 is 6.43. The third-order valence-corrected chi connectivity index (χ3v) is 5.52. The zero-order valence-electron chi connectivity index (χ0n) is 14.9. The van der Waals surface area contributed by atoms with Crippen LogP contribution >= 0.6 is 11.6 Å². The summed E-state index contributed by atoms with van der Waals surface area (Å²) in [5, 5.41) is 7.16. The van der Waals surface area contributed by atoms with Crippen molar-refractivity contribution in [2.24, 2.45) is 5.92 Å². The minimum atomic E-state index is 0.0478. The number of rotatable bonds is 5. The van der Waals surface area contributed by atoms with Gasteiger partial charge in [-0.15, -0.1) is 0 Å². The van der Waals surface area contributed by atoms with Gasteiger partial charge in [-0.05, 0) is 30.9 Å². The summed E-state index contributed by atoms with van der Waals surface area (Å²) in [5.41, 5.74) is 1.87. The predicted octanol–water partition coefficient (Wildman–Crippen LogP) is 3.28. The van der Waals surface area contributed by atoms with Crippen LogP contribution in [-0.2, 0) is 9.53 Å². The zero-order valence-corrected chi connectivity index (χ0v) is 15.6. The molecule has 1 aliphatic carbocycles. The Morgan fingerprint density at radius 2 is 2.04 bits per heavy atom. The highest BCUT2D eigenvalue weighted by Gasteiger charge is 2.23. The van der Waals surface area contributed by atoms with Gasteiger partial charge in [-0.1, -0.05) is 37.4 Å². The highest BCUT2D eigenvalue weighted by Crippen LogP contribution is 2.34. The van der Waals surface area contributed by atoms with E-state index in [1.165, 1.54) is 19.3 Å². The molecule has 2 atom stereocenters. The number of carbonyl (C=O) groups excluding carboxylic acids is 1. The Bertz CT molecular complexity index is 590. The topological polar surface area (TPSA) is 53.6 Å². The van der Waals surface area contributed by atoms with Crippen LogP contribution in [0, 0.1) is 5.92 Å². The Balaban J connectivity index is 1.60. The van der Waals surface area contributed by atoms with Gasteiger partial charge in [0, 0.05) is 19.1 Å². The number of halogens is 1. The second-order valence-electron chi connectivity index (χ2n) is 7.02. The fourth-order valence-electron chi connectivity index (χ4n) is 3.73. The van der Waals surface area contributed by atoms with Crippen molar-refractivity contribution >= 4 is 28.9 Å². The van der Waals surface area contributed by atoms with Crippen molar-refractivity contribution in [1.29, 1.82) is 0 Å². The number of benzene rings is 1. The summed E-state index contributed by atoms with van der Waals surface area (Å²) < 4.78 is 5.42. The van der Waals surface area contributed by atoms with Crippen molar-refractivity contribution in [2.75, 3.05) is 43.1 Å². The van der Waals surface area contributed by atoms with Gasteiger partial charge in [0.2, 0.25) is 5.91 Å². The van der Waals surface area contributed by atoms with Crippen LogP contribution in [0.2, 0.25) is 5.02 Å². The lowest BCUT2D eigenvalue weighted by atomic mass is 9.86. The van der Waals surface area contributed by atoms with Gasteiger partial charge in [-0.2, -0.15) is 0 Å². The van der Waals surface area contributed by atoms with Gasteiger partial charge in [0.1, 0.15) is 0 Å². The van der Waals surface area contributed by atoms with Crippen LogP contribution in [0.25, 0.3) is 0 Å². The Hall–Kier alpha value is -1.46. The van der Waals surface area contributed by atoms with E-state index >= 15 is 0 Å². The van der Waals surface area contributed by atoms with E-state index in [0.29, 0.717) is 30.2 Å². The SMILES string of the molecule is C[C@@H]1CCCC[C@@H]1NC(=O)CNc1cccc(Cl)c1N1CCOCC1. The molecule has 138 valence electrons. The Morgan fingerprint density at radius 3 is 2.80 bits per heavy atom. The number of hydrogen-bond donors (Lipinski definition) is 2. The van der Waals surface area contributed by atoms with Gasteiger partial charge in [-0.25, -0.2) is 0 Å². The second-order valence-corrected chi connectivity index (χ2v) is 7.43. The molecule has 1 aromatic rings. The Labute approximate surface area is 155 Å². The van der Waals surface area contributed by atoms with E-state index in [9.17, 15) is 4.79 Å². The number of para-hydroxylation sites is 1. The number of amides is 1. The van der Waals surface area contributed by atoms with Crippen molar-refractivity contribution in [3.63, 3.8) is 0 Å². The fraction of sp³-hybridized carbons (Fsp3) is 0.632. The molecular formula is C19H28ClN3O2. The smallest absolute Gasteiger partial charge is 0.239 e. The molecule has 25 heavy (non-hydrogen) atoms. The number of nitrogens with zero attached hydrogens (tertiary/aromatic N) is 1. The quantitative estimate of drug-likeness (QED) is 0.840. The van der Waals surface area contributed by atoms with E-state index in [4.69, 9.17) is 16.3 Å². The van der Waals surface area contributed by atoms with Crippen LogP contribution in [0.1, 0.15) is 32.6 Å². The van der Waals surface area contributed by atoms with Gasteiger partial charge in [0.25, 0.3) is 0 Å². The summed E-state index contributed by atoms with van der Waals surface area (Å²) in [6, 6.07) is 6.09. The first-order chi connectivity index (χ1) is 12.1. The highest BCUT2D eigenvalue weighted by molar-refractivity contribution is 6.34. The van der Waals surface area contributed by atoms with Crippen molar-refractivity contribution in [3.05, 3.63) is 23.2 Å². The van der Waals surface area contributed by atoms with E-state index in [1.54, 1.807) is 0 Å². The maximum Gasteiger partial charge on any atom is 0.239 e. The number of nitrogens with one attached hydrogen (secondary N) is 2. The molecule has 2 aliphatic rings. The molecule has 1 saturated carbocycles. The van der Waals surface area contributed by atoms with Gasteiger partial charge in [-0.3, -0.25) is 4.79 Å². The summed E-state index contributed by atoms with van der Waals surface area (Å²) in [5.74, 6) is 0.611. The normalized spacial score (nSPS) is 24.0. The number of ether oxygens (including phenoxy) is 1. The number of anilines is 2. The molecule has 1 amide bonds. The molecule has 1 heterocycles. The van der Waals surface area contributed by atoms with E-state index in [1.807, 2.05) is 18.2 Å². The molecule has 1 aromatic carbocycles. The highest BCUT2D eigenvalue weighted by atomic mass is 35.5. The molecule has 3 rings (SSSR count). The summed E-state index contributed by atoms with van der Waals surface area (Å²) in [4.78, 5) is 14.6. The largest absolute Gasteiger partial charge is 0.378 e. The average molecular weight is 366 g/mol. The van der Waals surface area contributed by atoms with E-state index in [0.717, 1.165) is 30.9 Å². The zero-order chi connectivity index (χ0) is 17.6. The van der Waals surface area contributed by atoms with E-state index < -0.39 is 0 Å². The minimum Gasteiger partial charge on any atom is -0.378 e. The first-order valence-corrected chi connectivity index (χ1v) is 9.67. The Kier molecular flexibility index (Phi) is 6.43. The summed E-state index contributed by atoms with van der Waals surface area (Å²) in [7, 11) is 0. The maximum absolute atomic E-state index is 12.4. The van der Waals surface area contributed by atoms with Crippen molar-refractivity contribution in [3.8, 4) is 0 Å². The number of morpholine rings is 1. The molecule has 5 nitrogen and oxygen atoms in total. The van der Waals surface area contributed by atoms with E-state index in [-0.39, 0.29) is 12.5 Å².